The van der Waals surface area contributed by atoms with E-state index in [9.17, 15) is 9.18 Å². The summed E-state index contributed by atoms with van der Waals surface area (Å²) in [4.78, 5) is 12.0. The van der Waals surface area contributed by atoms with E-state index in [2.05, 4.69) is 0 Å². The maximum atomic E-state index is 13.1. The molecule has 4 heteroatoms. The molecule has 0 saturated heterocycles. The lowest BCUT2D eigenvalue weighted by Crippen LogP contribution is -2.08. The number of rotatable bonds is 3. The Kier molecular flexibility index (Phi) is 4.03. The summed E-state index contributed by atoms with van der Waals surface area (Å²) in [6, 6.07) is 9.41. The van der Waals surface area contributed by atoms with Crippen LogP contribution in [0.2, 0.25) is 0 Å². The van der Waals surface area contributed by atoms with E-state index >= 15 is 0 Å². The van der Waals surface area contributed by atoms with Crippen molar-refractivity contribution >= 4 is 11.7 Å². The highest BCUT2D eigenvalue weighted by Crippen LogP contribution is 2.16. The number of ether oxygens (including phenoxy) is 1. The van der Waals surface area contributed by atoms with Crippen LogP contribution >= 0.6 is 0 Å². The minimum atomic E-state index is -0.439. The summed E-state index contributed by atoms with van der Waals surface area (Å²) in [6.45, 7) is 3.68. The van der Waals surface area contributed by atoms with Gasteiger partial charge in [-0.1, -0.05) is 6.07 Å². The average molecular weight is 273 g/mol. The van der Waals surface area contributed by atoms with Crippen LogP contribution in [0.1, 0.15) is 27.0 Å². The van der Waals surface area contributed by atoms with Crippen molar-refractivity contribution in [3.63, 3.8) is 0 Å². The van der Waals surface area contributed by atoms with Crippen LogP contribution in [0.3, 0.4) is 0 Å². The first-order valence-corrected chi connectivity index (χ1v) is 6.25. The molecule has 0 aliphatic carbocycles. The molecule has 0 saturated carbocycles. The third kappa shape index (κ3) is 3.15. The Hall–Kier alpha value is -2.36. The largest absolute Gasteiger partial charge is 0.457 e. The zero-order chi connectivity index (χ0) is 14.7. The fourth-order valence-corrected chi connectivity index (χ4v) is 1.93. The molecule has 2 aromatic carbocycles. The van der Waals surface area contributed by atoms with Gasteiger partial charge in [-0.15, -0.1) is 0 Å². The lowest BCUT2D eigenvalue weighted by Gasteiger charge is -2.09. The molecule has 0 heterocycles. The van der Waals surface area contributed by atoms with Gasteiger partial charge in [0, 0.05) is 5.69 Å². The number of carbonyl (C=O) groups is 1. The Morgan fingerprint density at radius 2 is 1.90 bits per heavy atom. The SMILES string of the molecule is Cc1ccc(F)cc1COC(=O)c1ccc(N)cc1C. The summed E-state index contributed by atoms with van der Waals surface area (Å²) in [5.74, 6) is -0.781. The highest BCUT2D eigenvalue weighted by Gasteiger charge is 2.11. The summed E-state index contributed by atoms with van der Waals surface area (Å²) in [7, 11) is 0. The second kappa shape index (κ2) is 5.74. The highest BCUT2D eigenvalue weighted by molar-refractivity contribution is 5.91. The monoisotopic (exact) mass is 273 g/mol. The van der Waals surface area contributed by atoms with Gasteiger partial charge in [0.25, 0.3) is 0 Å². The van der Waals surface area contributed by atoms with Gasteiger partial charge in [-0.05, 0) is 60.9 Å². The molecule has 0 radical (unpaired) electrons. The van der Waals surface area contributed by atoms with Gasteiger partial charge >= 0.3 is 5.97 Å². The van der Waals surface area contributed by atoms with Crippen molar-refractivity contribution in [3.05, 3.63) is 64.5 Å². The second-order valence-electron chi connectivity index (χ2n) is 4.72. The lowest BCUT2D eigenvalue weighted by atomic mass is 10.1. The van der Waals surface area contributed by atoms with Gasteiger partial charge in [0.1, 0.15) is 12.4 Å². The standard InChI is InChI=1S/C16H16FNO2/c1-10-3-4-13(17)8-12(10)9-20-16(19)15-6-5-14(18)7-11(15)2/h3-8H,9,18H2,1-2H3. The normalized spacial score (nSPS) is 10.3. The van der Waals surface area contributed by atoms with Gasteiger partial charge < -0.3 is 10.5 Å². The minimum absolute atomic E-state index is 0.0479. The Morgan fingerprint density at radius 3 is 2.60 bits per heavy atom. The van der Waals surface area contributed by atoms with E-state index in [0.717, 1.165) is 11.1 Å². The van der Waals surface area contributed by atoms with E-state index in [1.54, 1.807) is 31.2 Å². The number of benzene rings is 2. The molecule has 20 heavy (non-hydrogen) atoms. The first-order valence-electron chi connectivity index (χ1n) is 6.25. The molecular formula is C16H16FNO2. The molecule has 0 bridgehead atoms. The lowest BCUT2D eigenvalue weighted by molar-refractivity contribution is 0.0471. The summed E-state index contributed by atoms with van der Waals surface area (Å²) in [5.41, 5.74) is 9.00. The van der Waals surface area contributed by atoms with Crippen molar-refractivity contribution in [3.8, 4) is 0 Å². The molecule has 0 aliphatic heterocycles. The van der Waals surface area contributed by atoms with Gasteiger partial charge in [0.2, 0.25) is 0 Å². The van der Waals surface area contributed by atoms with Crippen LogP contribution in [-0.2, 0) is 11.3 Å². The van der Waals surface area contributed by atoms with E-state index in [4.69, 9.17) is 10.5 Å². The number of hydrogen-bond acceptors (Lipinski definition) is 3. The highest BCUT2D eigenvalue weighted by atomic mass is 19.1. The molecule has 0 amide bonds. The molecule has 0 aromatic heterocycles. The van der Waals surface area contributed by atoms with Gasteiger partial charge in [-0.25, -0.2) is 9.18 Å². The molecule has 2 rings (SSSR count). The zero-order valence-corrected chi connectivity index (χ0v) is 11.4. The van der Waals surface area contributed by atoms with Crippen molar-refractivity contribution in [2.24, 2.45) is 0 Å². The van der Waals surface area contributed by atoms with Crippen molar-refractivity contribution in [2.75, 3.05) is 5.73 Å². The predicted octanol–water partition coefficient (Wildman–Crippen LogP) is 3.38. The fourth-order valence-electron chi connectivity index (χ4n) is 1.93. The van der Waals surface area contributed by atoms with Crippen molar-refractivity contribution < 1.29 is 13.9 Å². The van der Waals surface area contributed by atoms with Crippen LogP contribution in [0.15, 0.2) is 36.4 Å². The maximum Gasteiger partial charge on any atom is 0.338 e. The molecule has 2 N–H and O–H groups in total. The van der Waals surface area contributed by atoms with E-state index in [1.807, 2.05) is 6.92 Å². The van der Waals surface area contributed by atoms with E-state index < -0.39 is 5.97 Å². The van der Waals surface area contributed by atoms with Crippen molar-refractivity contribution in [1.29, 1.82) is 0 Å². The summed E-state index contributed by atoms with van der Waals surface area (Å²) in [5, 5.41) is 0. The number of carbonyl (C=O) groups excluding carboxylic acids is 1. The third-order valence-corrected chi connectivity index (χ3v) is 3.14. The van der Waals surface area contributed by atoms with Crippen molar-refractivity contribution in [1.82, 2.24) is 0 Å². The molecule has 0 atom stereocenters. The third-order valence-electron chi connectivity index (χ3n) is 3.14. The van der Waals surface area contributed by atoms with Gasteiger partial charge in [0.15, 0.2) is 0 Å². The maximum absolute atomic E-state index is 13.1. The number of nitrogen functional groups attached to an aromatic ring is 1. The molecule has 2 aromatic rings. The molecule has 0 aliphatic rings. The summed E-state index contributed by atoms with van der Waals surface area (Å²) in [6.07, 6.45) is 0. The number of halogens is 1. The van der Waals surface area contributed by atoms with Gasteiger partial charge in [-0.2, -0.15) is 0 Å². The molecular weight excluding hydrogens is 257 g/mol. The first kappa shape index (κ1) is 14.1. The van der Waals surface area contributed by atoms with Gasteiger partial charge in [-0.3, -0.25) is 0 Å². The quantitative estimate of drug-likeness (QED) is 0.689. The molecule has 0 fully saturated rings. The van der Waals surface area contributed by atoms with Crippen LogP contribution in [0.4, 0.5) is 10.1 Å². The fraction of sp³-hybridized carbons (Fsp3) is 0.188. The molecule has 3 nitrogen and oxygen atoms in total. The Labute approximate surface area is 117 Å². The number of anilines is 1. The number of hydrogen-bond donors (Lipinski definition) is 1. The summed E-state index contributed by atoms with van der Waals surface area (Å²) < 4.78 is 18.4. The van der Waals surface area contributed by atoms with Crippen LogP contribution in [-0.4, -0.2) is 5.97 Å². The number of nitrogens with two attached hydrogens (primary N) is 1. The topological polar surface area (TPSA) is 52.3 Å². The Balaban J connectivity index is 2.10. The average Bonchev–Trinajstić information content (AvgIpc) is 2.39. The zero-order valence-electron chi connectivity index (χ0n) is 11.4. The van der Waals surface area contributed by atoms with E-state index in [0.29, 0.717) is 16.8 Å². The van der Waals surface area contributed by atoms with E-state index in [-0.39, 0.29) is 12.4 Å². The number of esters is 1. The molecule has 0 unspecified atom stereocenters. The second-order valence-corrected chi connectivity index (χ2v) is 4.72. The van der Waals surface area contributed by atoms with Crippen LogP contribution in [0.5, 0.6) is 0 Å². The number of aryl methyl sites for hydroxylation is 2. The molecule has 0 spiro atoms. The Bertz CT molecular complexity index is 653. The predicted molar refractivity (Wildman–Crippen MR) is 75.8 cm³/mol. The first-order chi connectivity index (χ1) is 9.47. The smallest absolute Gasteiger partial charge is 0.338 e. The van der Waals surface area contributed by atoms with Crippen LogP contribution in [0, 0.1) is 19.7 Å². The van der Waals surface area contributed by atoms with Crippen LogP contribution < -0.4 is 5.73 Å². The van der Waals surface area contributed by atoms with Crippen molar-refractivity contribution in [2.45, 2.75) is 20.5 Å². The minimum Gasteiger partial charge on any atom is -0.457 e. The van der Waals surface area contributed by atoms with Crippen LogP contribution in [0.25, 0.3) is 0 Å². The Morgan fingerprint density at radius 1 is 1.15 bits per heavy atom. The molecule has 104 valence electrons. The van der Waals surface area contributed by atoms with E-state index in [1.165, 1.54) is 12.1 Å². The summed E-state index contributed by atoms with van der Waals surface area (Å²) >= 11 is 0. The van der Waals surface area contributed by atoms with Gasteiger partial charge in [0.05, 0.1) is 5.56 Å².